The highest BCUT2D eigenvalue weighted by atomic mass is 35.5. The second kappa shape index (κ2) is 8.45. The van der Waals surface area contributed by atoms with Gasteiger partial charge in [-0.15, -0.1) is 0 Å². The largest absolute Gasteiger partial charge is 0.473 e. The van der Waals surface area contributed by atoms with Gasteiger partial charge in [0, 0.05) is 43.3 Å². The fourth-order valence-corrected chi connectivity index (χ4v) is 4.26. The van der Waals surface area contributed by atoms with Gasteiger partial charge in [0.15, 0.2) is 0 Å². The maximum Gasteiger partial charge on any atom is 0.232 e. The molecule has 2 fully saturated rings. The molecule has 2 aromatic rings. The van der Waals surface area contributed by atoms with Crippen molar-refractivity contribution in [1.82, 2.24) is 14.9 Å². The van der Waals surface area contributed by atoms with Crippen LogP contribution < -0.4 is 4.74 Å². The highest BCUT2D eigenvalue weighted by Crippen LogP contribution is 2.36. The number of halogens is 1. The summed E-state index contributed by atoms with van der Waals surface area (Å²) in [5.74, 6) is 0.693. The van der Waals surface area contributed by atoms with Gasteiger partial charge in [0.1, 0.15) is 6.10 Å². The average molecular weight is 402 g/mol. The molecule has 28 heavy (non-hydrogen) atoms. The van der Waals surface area contributed by atoms with Gasteiger partial charge in [0.05, 0.1) is 24.8 Å². The molecule has 2 saturated heterocycles. The molecule has 4 rings (SSSR count). The Morgan fingerprint density at radius 1 is 1.32 bits per heavy atom. The normalized spacial score (nSPS) is 21.5. The Labute approximate surface area is 169 Å². The highest BCUT2D eigenvalue weighted by molar-refractivity contribution is 6.30. The highest BCUT2D eigenvalue weighted by Gasteiger charge is 2.42. The number of likely N-dealkylation sites (tertiary alicyclic amines) is 1. The summed E-state index contributed by atoms with van der Waals surface area (Å²) in [7, 11) is 0. The van der Waals surface area contributed by atoms with Crippen molar-refractivity contribution in [3.8, 4) is 5.88 Å². The van der Waals surface area contributed by atoms with E-state index in [0.717, 1.165) is 31.2 Å². The summed E-state index contributed by atoms with van der Waals surface area (Å²) in [6.07, 6.45) is 8.67. The quantitative estimate of drug-likeness (QED) is 0.786. The van der Waals surface area contributed by atoms with Crippen LogP contribution in [0.2, 0.25) is 5.02 Å². The van der Waals surface area contributed by atoms with Crippen molar-refractivity contribution in [2.75, 3.05) is 19.7 Å². The Balaban J connectivity index is 1.31. The van der Waals surface area contributed by atoms with E-state index in [1.807, 2.05) is 29.2 Å². The molecule has 0 bridgehead atoms. The Kier molecular flexibility index (Phi) is 5.78. The zero-order chi connectivity index (χ0) is 19.4. The fraction of sp³-hybridized carbons (Fsp3) is 0.476. The number of aromatic nitrogens is 2. The van der Waals surface area contributed by atoms with Gasteiger partial charge in [-0.05, 0) is 30.5 Å². The van der Waals surface area contributed by atoms with Crippen molar-refractivity contribution < 1.29 is 14.3 Å². The minimum atomic E-state index is -0.210. The molecule has 1 amide bonds. The summed E-state index contributed by atoms with van der Waals surface area (Å²) in [5, 5.41) is 0.660. The molecule has 1 unspecified atom stereocenters. The molecule has 2 aliphatic heterocycles. The Hall–Kier alpha value is -2.18. The van der Waals surface area contributed by atoms with Crippen LogP contribution in [0.4, 0.5) is 0 Å². The maximum atomic E-state index is 12.7. The molecular formula is C21H24ClN3O3. The lowest BCUT2D eigenvalue weighted by molar-refractivity contribution is -0.151. The van der Waals surface area contributed by atoms with Gasteiger partial charge in [-0.2, -0.15) is 0 Å². The summed E-state index contributed by atoms with van der Waals surface area (Å²) < 4.78 is 12.2. The number of rotatable bonds is 4. The van der Waals surface area contributed by atoms with Crippen LogP contribution in [0.15, 0.2) is 42.9 Å². The van der Waals surface area contributed by atoms with E-state index in [4.69, 9.17) is 21.1 Å². The van der Waals surface area contributed by atoms with Crippen molar-refractivity contribution in [2.24, 2.45) is 0 Å². The molecule has 1 atom stereocenters. The van der Waals surface area contributed by atoms with Crippen LogP contribution in [0.1, 0.15) is 31.2 Å². The summed E-state index contributed by atoms with van der Waals surface area (Å²) in [6, 6.07) is 7.49. The number of piperidine rings is 1. The molecule has 1 aromatic heterocycles. The maximum absolute atomic E-state index is 12.7. The summed E-state index contributed by atoms with van der Waals surface area (Å²) in [5.41, 5.74) is 0.738. The van der Waals surface area contributed by atoms with E-state index in [1.165, 1.54) is 0 Å². The number of carbonyl (C=O) groups is 1. The van der Waals surface area contributed by atoms with E-state index < -0.39 is 0 Å². The minimum absolute atomic E-state index is 0.0687. The van der Waals surface area contributed by atoms with Gasteiger partial charge < -0.3 is 14.4 Å². The Morgan fingerprint density at radius 2 is 2.18 bits per heavy atom. The number of hydrogen-bond acceptors (Lipinski definition) is 5. The van der Waals surface area contributed by atoms with E-state index in [-0.39, 0.29) is 17.6 Å². The number of benzene rings is 1. The zero-order valence-corrected chi connectivity index (χ0v) is 16.5. The lowest BCUT2D eigenvalue weighted by atomic mass is 9.83. The lowest BCUT2D eigenvalue weighted by Gasteiger charge is -2.45. The molecule has 7 heteroatoms. The van der Waals surface area contributed by atoms with E-state index in [1.54, 1.807) is 18.6 Å². The molecule has 0 radical (unpaired) electrons. The molecule has 1 aromatic carbocycles. The molecular weight excluding hydrogens is 378 g/mol. The van der Waals surface area contributed by atoms with Crippen LogP contribution in [0.3, 0.4) is 0 Å². The second-order valence-corrected chi connectivity index (χ2v) is 7.93. The number of hydrogen-bond donors (Lipinski definition) is 0. The SMILES string of the molecule is O=C(Cc1cccc(Cl)c1)N1CCC2(CC1)CC(Oc1cnccn1)CCO2. The second-order valence-electron chi connectivity index (χ2n) is 7.50. The first-order chi connectivity index (χ1) is 13.6. The molecule has 2 aliphatic rings. The smallest absolute Gasteiger partial charge is 0.232 e. The Bertz CT molecular complexity index is 810. The van der Waals surface area contributed by atoms with Gasteiger partial charge in [-0.3, -0.25) is 9.78 Å². The topological polar surface area (TPSA) is 64.6 Å². The van der Waals surface area contributed by atoms with E-state index in [0.29, 0.717) is 37.0 Å². The van der Waals surface area contributed by atoms with Crippen molar-refractivity contribution in [3.05, 3.63) is 53.4 Å². The minimum Gasteiger partial charge on any atom is -0.473 e. The predicted octanol–water partition coefficient (Wildman–Crippen LogP) is 3.29. The first kappa shape index (κ1) is 19.2. The van der Waals surface area contributed by atoms with E-state index >= 15 is 0 Å². The first-order valence-electron chi connectivity index (χ1n) is 9.71. The van der Waals surface area contributed by atoms with E-state index in [9.17, 15) is 4.79 Å². The van der Waals surface area contributed by atoms with Gasteiger partial charge in [0.2, 0.25) is 11.8 Å². The number of ether oxygens (including phenoxy) is 2. The van der Waals surface area contributed by atoms with Gasteiger partial charge in [0.25, 0.3) is 0 Å². The third-order valence-electron chi connectivity index (χ3n) is 5.55. The number of carbonyl (C=O) groups excluding carboxylic acids is 1. The lowest BCUT2D eigenvalue weighted by Crippen LogP contribution is -2.52. The van der Waals surface area contributed by atoms with Crippen LogP contribution >= 0.6 is 11.6 Å². The van der Waals surface area contributed by atoms with Gasteiger partial charge in [-0.25, -0.2) is 4.98 Å². The van der Waals surface area contributed by atoms with Crippen molar-refractivity contribution in [3.63, 3.8) is 0 Å². The molecule has 3 heterocycles. The van der Waals surface area contributed by atoms with Crippen LogP contribution in [0.5, 0.6) is 5.88 Å². The third kappa shape index (κ3) is 4.62. The number of amides is 1. The average Bonchev–Trinajstić information content (AvgIpc) is 2.69. The van der Waals surface area contributed by atoms with E-state index in [2.05, 4.69) is 9.97 Å². The number of nitrogens with zero attached hydrogens (tertiary/aromatic N) is 3. The van der Waals surface area contributed by atoms with Crippen LogP contribution in [-0.2, 0) is 16.0 Å². The van der Waals surface area contributed by atoms with Crippen molar-refractivity contribution in [2.45, 2.75) is 43.8 Å². The van der Waals surface area contributed by atoms with Crippen molar-refractivity contribution >= 4 is 17.5 Å². The predicted molar refractivity (Wildman–Crippen MR) is 105 cm³/mol. The Morgan fingerprint density at radius 3 is 2.93 bits per heavy atom. The van der Waals surface area contributed by atoms with Crippen LogP contribution in [-0.4, -0.2) is 52.2 Å². The standard InChI is InChI=1S/C21H24ClN3O3/c22-17-3-1-2-16(12-17)13-20(26)25-9-5-21(6-10-25)14-18(4-11-27-21)28-19-15-23-7-8-24-19/h1-3,7-8,12,15,18H,4-6,9-11,13-14H2. The summed E-state index contributed by atoms with van der Waals surface area (Å²) in [6.45, 7) is 2.08. The summed E-state index contributed by atoms with van der Waals surface area (Å²) in [4.78, 5) is 22.8. The molecule has 6 nitrogen and oxygen atoms in total. The third-order valence-corrected chi connectivity index (χ3v) is 5.78. The molecule has 0 saturated carbocycles. The molecule has 0 N–H and O–H groups in total. The first-order valence-corrected chi connectivity index (χ1v) is 10.1. The van der Waals surface area contributed by atoms with Crippen LogP contribution in [0, 0.1) is 0 Å². The fourth-order valence-electron chi connectivity index (χ4n) is 4.05. The summed E-state index contributed by atoms with van der Waals surface area (Å²) >= 11 is 6.02. The zero-order valence-electron chi connectivity index (χ0n) is 15.7. The van der Waals surface area contributed by atoms with Crippen LogP contribution in [0.25, 0.3) is 0 Å². The molecule has 148 valence electrons. The molecule has 1 spiro atoms. The monoisotopic (exact) mass is 401 g/mol. The molecule has 0 aliphatic carbocycles. The van der Waals surface area contributed by atoms with Gasteiger partial charge in [-0.1, -0.05) is 23.7 Å². The van der Waals surface area contributed by atoms with Gasteiger partial charge >= 0.3 is 0 Å². The van der Waals surface area contributed by atoms with Crippen molar-refractivity contribution in [1.29, 1.82) is 0 Å².